The summed E-state index contributed by atoms with van der Waals surface area (Å²) in [5.41, 5.74) is 3.31. The number of benzene rings is 2. The van der Waals surface area contributed by atoms with Crippen LogP contribution in [0.4, 0.5) is 10.5 Å². The zero-order chi connectivity index (χ0) is 20.8. The molecule has 0 saturated carbocycles. The summed E-state index contributed by atoms with van der Waals surface area (Å²) in [6.07, 6.45) is 2.99. The fraction of sp³-hybridized carbons (Fsp3) is 0.458. The molecule has 2 aromatic rings. The van der Waals surface area contributed by atoms with Gasteiger partial charge in [-0.1, -0.05) is 42.5 Å². The first-order chi connectivity index (χ1) is 14.7. The van der Waals surface area contributed by atoms with Gasteiger partial charge >= 0.3 is 6.09 Å². The molecule has 0 spiro atoms. The van der Waals surface area contributed by atoms with Crippen molar-refractivity contribution in [3.05, 3.63) is 65.7 Å². The lowest BCUT2D eigenvalue weighted by molar-refractivity contribution is -0.161. The Kier molecular flexibility index (Phi) is 6.67. The zero-order valence-electron chi connectivity index (χ0n) is 17.4. The van der Waals surface area contributed by atoms with E-state index in [-0.39, 0.29) is 12.2 Å². The van der Waals surface area contributed by atoms with Crippen molar-refractivity contribution < 1.29 is 23.7 Å². The minimum Gasteiger partial charge on any atom is -0.441 e. The third kappa shape index (κ3) is 5.01. The number of amides is 1. The van der Waals surface area contributed by atoms with Crippen LogP contribution in [0.2, 0.25) is 0 Å². The number of hydrogen-bond acceptors (Lipinski definition) is 5. The third-order valence-corrected chi connectivity index (χ3v) is 5.63. The van der Waals surface area contributed by atoms with Crippen LogP contribution in [0.5, 0.6) is 0 Å². The maximum absolute atomic E-state index is 12.1. The van der Waals surface area contributed by atoms with E-state index in [4.69, 9.17) is 18.9 Å². The van der Waals surface area contributed by atoms with Crippen molar-refractivity contribution in [1.82, 2.24) is 0 Å². The summed E-state index contributed by atoms with van der Waals surface area (Å²) >= 11 is 0. The van der Waals surface area contributed by atoms with E-state index in [9.17, 15) is 4.79 Å². The predicted molar refractivity (Wildman–Crippen MR) is 114 cm³/mol. The van der Waals surface area contributed by atoms with Gasteiger partial charge in [-0.3, -0.25) is 4.90 Å². The summed E-state index contributed by atoms with van der Waals surface area (Å²) in [5.74, 6) is -0.517. The maximum atomic E-state index is 12.1. The van der Waals surface area contributed by atoms with E-state index in [2.05, 4.69) is 24.3 Å². The van der Waals surface area contributed by atoms with Gasteiger partial charge in [0, 0.05) is 25.6 Å². The number of methoxy groups -OCH3 is 1. The Labute approximate surface area is 177 Å². The largest absolute Gasteiger partial charge is 0.441 e. The Morgan fingerprint density at radius 2 is 1.77 bits per heavy atom. The highest BCUT2D eigenvalue weighted by atomic mass is 16.7. The Bertz CT molecular complexity index is 817. The molecule has 0 aliphatic carbocycles. The Balaban J connectivity index is 1.31. The molecular formula is C24H29NO5. The van der Waals surface area contributed by atoms with Crippen molar-refractivity contribution in [3.8, 4) is 0 Å². The molecule has 2 aliphatic rings. The Morgan fingerprint density at radius 3 is 2.47 bits per heavy atom. The van der Waals surface area contributed by atoms with Crippen LogP contribution in [0, 0.1) is 0 Å². The van der Waals surface area contributed by atoms with E-state index in [0.29, 0.717) is 26.4 Å². The van der Waals surface area contributed by atoms with Crippen LogP contribution in [-0.4, -0.2) is 51.5 Å². The lowest BCUT2D eigenvalue weighted by Gasteiger charge is -2.27. The van der Waals surface area contributed by atoms with Crippen molar-refractivity contribution in [2.75, 3.05) is 38.4 Å². The van der Waals surface area contributed by atoms with Crippen LogP contribution in [0.3, 0.4) is 0 Å². The third-order valence-electron chi connectivity index (χ3n) is 5.63. The molecule has 0 N–H and O–H groups in total. The van der Waals surface area contributed by atoms with E-state index in [0.717, 1.165) is 31.4 Å². The molecule has 2 fully saturated rings. The number of cyclic esters (lactones) is 1. The molecule has 160 valence electrons. The molecule has 30 heavy (non-hydrogen) atoms. The van der Waals surface area contributed by atoms with Gasteiger partial charge in [0.1, 0.15) is 6.10 Å². The van der Waals surface area contributed by atoms with Crippen molar-refractivity contribution in [2.45, 2.75) is 37.6 Å². The summed E-state index contributed by atoms with van der Waals surface area (Å²) in [6.45, 7) is 2.23. The summed E-state index contributed by atoms with van der Waals surface area (Å²) in [4.78, 5) is 13.7. The molecule has 6 heteroatoms. The average Bonchev–Trinajstić information content (AvgIpc) is 3.36. The number of anilines is 1. The number of rotatable bonds is 9. The first kappa shape index (κ1) is 20.8. The fourth-order valence-electron chi connectivity index (χ4n) is 4.15. The van der Waals surface area contributed by atoms with E-state index in [1.165, 1.54) is 11.1 Å². The first-order valence-corrected chi connectivity index (χ1v) is 10.6. The molecule has 4 rings (SSSR count). The minimum absolute atomic E-state index is 0.214. The second-order valence-corrected chi connectivity index (χ2v) is 7.86. The lowest BCUT2D eigenvalue weighted by atomic mass is 9.98. The highest BCUT2D eigenvalue weighted by Crippen LogP contribution is 2.30. The molecule has 1 unspecified atom stereocenters. The van der Waals surface area contributed by atoms with Crippen molar-refractivity contribution >= 4 is 11.8 Å². The monoisotopic (exact) mass is 411 g/mol. The average molecular weight is 411 g/mol. The molecule has 1 amide bonds. The number of hydrogen-bond donors (Lipinski definition) is 0. The first-order valence-electron chi connectivity index (χ1n) is 10.6. The normalized spacial score (nSPS) is 20.5. The highest BCUT2D eigenvalue weighted by Gasteiger charge is 2.36. The summed E-state index contributed by atoms with van der Waals surface area (Å²) in [7, 11) is 1.61. The second kappa shape index (κ2) is 9.60. The summed E-state index contributed by atoms with van der Waals surface area (Å²) in [6, 6.07) is 18.5. The van der Waals surface area contributed by atoms with Crippen molar-refractivity contribution in [2.24, 2.45) is 0 Å². The Hall–Kier alpha value is -2.41. The van der Waals surface area contributed by atoms with Crippen LogP contribution < -0.4 is 4.90 Å². The molecule has 0 radical (unpaired) electrons. The molecule has 0 aromatic heterocycles. The fourth-order valence-corrected chi connectivity index (χ4v) is 4.15. The quantitative estimate of drug-likeness (QED) is 0.625. The van der Waals surface area contributed by atoms with Gasteiger partial charge in [-0.2, -0.15) is 0 Å². The van der Waals surface area contributed by atoms with Crippen LogP contribution in [0.25, 0.3) is 0 Å². The summed E-state index contributed by atoms with van der Waals surface area (Å²) < 4.78 is 22.4. The minimum atomic E-state index is -0.517. The number of nitrogens with zero attached hydrogens (tertiary/aromatic N) is 1. The van der Waals surface area contributed by atoms with Crippen LogP contribution in [0.1, 0.15) is 24.0 Å². The molecule has 6 nitrogen and oxygen atoms in total. The van der Waals surface area contributed by atoms with Gasteiger partial charge in [-0.05, 0) is 36.1 Å². The molecule has 2 heterocycles. The number of carbonyl (C=O) groups is 1. The second-order valence-electron chi connectivity index (χ2n) is 7.86. The van der Waals surface area contributed by atoms with Crippen molar-refractivity contribution in [1.29, 1.82) is 0 Å². The van der Waals surface area contributed by atoms with Gasteiger partial charge in [0.25, 0.3) is 0 Å². The standard InChI is InChI=1S/C24H29NO5/c1-27-18-22-17-25(23(26)30-22)21-11-9-19(10-12-21)8-5-13-24(28-14-15-29-24)16-20-6-3-2-4-7-20/h2-4,6-7,9-12,22H,5,8,13-18H2,1H3. The molecule has 2 aliphatic heterocycles. The molecule has 2 aromatic carbocycles. The maximum Gasteiger partial charge on any atom is 0.414 e. The van der Waals surface area contributed by atoms with Gasteiger partial charge in [-0.15, -0.1) is 0 Å². The zero-order valence-corrected chi connectivity index (χ0v) is 17.4. The lowest BCUT2D eigenvalue weighted by Crippen LogP contribution is -2.33. The molecule has 0 bridgehead atoms. The molecular weight excluding hydrogens is 382 g/mol. The predicted octanol–water partition coefficient (Wildman–Crippen LogP) is 3.97. The van der Waals surface area contributed by atoms with E-state index >= 15 is 0 Å². The van der Waals surface area contributed by atoms with Gasteiger partial charge in [0.2, 0.25) is 0 Å². The van der Waals surface area contributed by atoms with Crippen LogP contribution in [0.15, 0.2) is 54.6 Å². The van der Waals surface area contributed by atoms with E-state index < -0.39 is 5.79 Å². The van der Waals surface area contributed by atoms with Gasteiger partial charge in [0.15, 0.2) is 5.79 Å². The van der Waals surface area contributed by atoms with Crippen LogP contribution in [-0.2, 0) is 31.8 Å². The van der Waals surface area contributed by atoms with Gasteiger partial charge < -0.3 is 18.9 Å². The Morgan fingerprint density at radius 1 is 1.03 bits per heavy atom. The molecule has 1 atom stereocenters. The van der Waals surface area contributed by atoms with Crippen molar-refractivity contribution in [3.63, 3.8) is 0 Å². The highest BCUT2D eigenvalue weighted by molar-refractivity contribution is 5.89. The smallest absolute Gasteiger partial charge is 0.414 e. The molecule has 2 saturated heterocycles. The number of ether oxygens (including phenoxy) is 4. The van der Waals surface area contributed by atoms with Crippen LogP contribution >= 0.6 is 0 Å². The SMILES string of the molecule is COCC1CN(c2ccc(CCCC3(Cc4ccccc4)OCCO3)cc2)C(=O)O1. The summed E-state index contributed by atoms with van der Waals surface area (Å²) in [5, 5.41) is 0. The van der Waals surface area contributed by atoms with Gasteiger partial charge in [0.05, 0.1) is 26.4 Å². The van der Waals surface area contributed by atoms with Gasteiger partial charge in [-0.25, -0.2) is 4.79 Å². The number of carbonyl (C=O) groups excluding carboxylic acids is 1. The topological polar surface area (TPSA) is 57.2 Å². The van der Waals surface area contributed by atoms with E-state index in [1.54, 1.807) is 12.0 Å². The number of aryl methyl sites for hydroxylation is 1. The van der Waals surface area contributed by atoms with E-state index in [1.807, 2.05) is 30.3 Å².